The van der Waals surface area contributed by atoms with Crippen molar-refractivity contribution >= 4 is 34.3 Å². The fourth-order valence-corrected chi connectivity index (χ4v) is 3.22. The lowest BCUT2D eigenvalue weighted by atomic mass is 10.1. The van der Waals surface area contributed by atoms with Crippen LogP contribution in [0.3, 0.4) is 0 Å². The molecule has 1 aromatic carbocycles. The Labute approximate surface area is 155 Å². The summed E-state index contributed by atoms with van der Waals surface area (Å²) in [5.74, 6) is 0.914. The summed E-state index contributed by atoms with van der Waals surface area (Å²) in [5, 5.41) is 4.67. The Morgan fingerprint density at radius 2 is 2.15 bits per heavy atom. The summed E-state index contributed by atoms with van der Waals surface area (Å²) in [4.78, 5) is 24.1. The summed E-state index contributed by atoms with van der Waals surface area (Å²) in [6.07, 6.45) is 4.90. The Kier molecular flexibility index (Phi) is 4.51. The van der Waals surface area contributed by atoms with Crippen LogP contribution >= 0.6 is 11.6 Å². The maximum atomic E-state index is 12.0. The zero-order chi connectivity index (χ0) is 18.1. The molecule has 0 bridgehead atoms. The molecular formula is C19H19ClN4O2. The Balaban J connectivity index is 1.53. The van der Waals surface area contributed by atoms with Crippen LogP contribution < -0.4 is 5.32 Å². The number of nitrogens with zero attached hydrogens (tertiary/aromatic N) is 2. The molecule has 0 aliphatic heterocycles. The third kappa shape index (κ3) is 3.24. The third-order valence-corrected chi connectivity index (χ3v) is 4.91. The van der Waals surface area contributed by atoms with Crippen LogP contribution in [0, 0.1) is 0 Å². The van der Waals surface area contributed by atoms with E-state index in [1.54, 1.807) is 0 Å². The van der Waals surface area contributed by atoms with Gasteiger partial charge >= 0.3 is 5.97 Å². The van der Waals surface area contributed by atoms with Gasteiger partial charge in [-0.15, -0.1) is 0 Å². The van der Waals surface area contributed by atoms with Gasteiger partial charge in [0.05, 0.1) is 7.11 Å². The molecule has 2 heterocycles. The number of hydrogen-bond donors (Lipinski definition) is 2. The van der Waals surface area contributed by atoms with Crippen LogP contribution in [0.25, 0.3) is 10.9 Å². The molecule has 2 N–H and O–H groups in total. The standard InChI is InChI=1S/C19H19ClN4O2/c1-26-19(25)16-15(20)18(24-17(23-16)11-6-7-11)21-9-8-12-10-22-14-5-3-2-4-13(12)14/h2-5,10-11,22H,6-9H2,1H3,(H,21,23,24). The van der Waals surface area contributed by atoms with Crippen LogP contribution in [-0.4, -0.2) is 34.6 Å². The largest absolute Gasteiger partial charge is 0.464 e. The highest BCUT2D eigenvalue weighted by Crippen LogP contribution is 2.39. The van der Waals surface area contributed by atoms with Gasteiger partial charge in [-0.25, -0.2) is 14.8 Å². The number of esters is 1. The summed E-state index contributed by atoms with van der Waals surface area (Å²) in [6.45, 7) is 0.642. The van der Waals surface area contributed by atoms with Crippen LogP contribution in [-0.2, 0) is 11.2 Å². The van der Waals surface area contributed by atoms with E-state index in [0.717, 1.165) is 24.8 Å². The van der Waals surface area contributed by atoms with E-state index in [9.17, 15) is 4.79 Å². The van der Waals surface area contributed by atoms with Crippen molar-refractivity contribution in [1.29, 1.82) is 0 Å². The Bertz CT molecular complexity index is 965. The van der Waals surface area contributed by atoms with Crippen molar-refractivity contribution in [2.75, 3.05) is 19.0 Å². The third-order valence-electron chi connectivity index (χ3n) is 4.55. The van der Waals surface area contributed by atoms with Gasteiger partial charge in [-0.1, -0.05) is 29.8 Å². The molecule has 3 aromatic rings. The van der Waals surface area contributed by atoms with Gasteiger partial charge in [-0.2, -0.15) is 0 Å². The maximum absolute atomic E-state index is 12.0. The van der Waals surface area contributed by atoms with Gasteiger partial charge in [0.15, 0.2) is 5.69 Å². The SMILES string of the molecule is COC(=O)c1nc(C2CC2)nc(NCCc2c[nH]c3ccccc23)c1Cl. The smallest absolute Gasteiger partial charge is 0.358 e. The van der Waals surface area contributed by atoms with Gasteiger partial charge in [-0.3, -0.25) is 0 Å². The number of anilines is 1. The van der Waals surface area contributed by atoms with Crippen molar-refractivity contribution in [3.05, 3.63) is 52.6 Å². The number of carbonyl (C=O) groups excluding carboxylic acids is 1. The van der Waals surface area contributed by atoms with Crippen molar-refractivity contribution in [2.24, 2.45) is 0 Å². The molecule has 1 aliphatic rings. The fourth-order valence-electron chi connectivity index (χ4n) is 2.99. The number of nitrogens with one attached hydrogen (secondary N) is 2. The van der Waals surface area contributed by atoms with Crippen molar-refractivity contribution in [3.63, 3.8) is 0 Å². The lowest BCUT2D eigenvalue weighted by molar-refractivity contribution is 0.0593. The highest BCUT2D eigenvalue weighted by atomic mass is 35.5. The van der Waals surface area contributed by atoms with E-state index in [2.05, 4.69) is 32.4 Å². The molecule has 0 radical (unpaired) electrons. The molecule has 1 saturated carbocycles. The first-order chi connectivity index (χ1) is 12.7. The topological polar surface area (TPSA) is 79.9 Å². The molecule has 0 saturated heterocycles. The van der Waals surface area contributed by atoms with Crippen molar-refractivity contribution < 1.29 is 9.53 Å². The predicted molar refractivity (Wildman–Crippen MR) is 101 cm³/mol. The van der Waals surface area contributed by atoms with Gasteiger partial charge < -0.3 is 15.0 Å². The second kappa shape index (κ2) is 6.96. The quantitative estimate of drug-likeness (QED) is 0.642. The Morgan fingerprint density at radius 1 is 1.35 bits per heavy atom. The van der Waals surface area contributed by atoms with Gasteiger partial charge in [0.25, 0.3) is 0 Å². The number of H-pyrrole nitrogens is 1. The first kappa shape index (κ1) is 16.8. The molecule has 6 nitrogen and oxygen atoms in total. The number of benzene rings is 1. The molecule has 0 amide bonds. The van der Waals surface area contributed by atoms with Gasteiger partial charge in [-0.05, 0) is 30.9 Å². The van der Waals surface area contributed by atoms with Crippen LogP contribution in [0.5, 0.6) is 0 Å². The van der Waals surface area contributed by atoms with E-state index in [4.69, 9.17) is 16.3 Å². The minimum atomic E-state index is -0.543. The van der Waals surface area contributed by atoms with E-state index in [1.807, 2.05) is 18.3 Å². The van der Waals surface area contributed by atoms with E-state index < -0.39 is 5.97 Å². The molecule has 2 aromatic heterocycles. The van der Waals surface area contributed by atoms with E-state index in [-0.39, 0.29) is 10.7 Å². The van der Waals surface area contributed by atoms with E-state index in [1.165, 1.54) is 18.1 Å². The van der Waals surface area contributed by atoms with Crippen LogP contribution in [0.1, 0.15) is 40.6 Å². The maximum Gasteiger partial charge on any atom is 0.358 e. The second-order valence-corrected chi connectivity index (χ2v) is 6.77. The van der Waals surface area contributed by atoms with Gasteiger partial charge in [0, 0.05) is 29.6 Å². The van der Waals surface area contributed by atoms with Gasteiger partial charge in [0.2, 0.25) is 0 Å². The van der Waals surface area contributed by atoms with Gasteiger partial charge in [0.1, 0.15) is 16.7 Å². The van der Waals surface area contributed by atoms with Crippen LogP contribution in [0.2, 0.25) is 5.02 Å². The van der Waals surface area contributed by atoms with Crippen molar-refractivity contribution in [1.82, 2.24) is 15.0 Å². The number of rotatable bonds is 6. The Morgan fingerprint density at radius 3 is 2.92 bits per heavy atom. The number of aromatic amines is 1. The number of carbonyl (C=O) groups is 1. The highest BCUT2D eigenvalue weighted by molar-refractivity contribution is 6.35. The highest BCUT2D eigenvalue weighted by Gasteiger charge is 2.30. The average Bonchev–Trinajstić information content (AvgIpc) is 3.44. The summed E-state index contributed by atoms with van der Waals surface area (Å²) in [6, 6.07) is 8.19. The van der Waals surface area contributed by atoms with E-state index in [0.29, 0.717) is 24.1 Å². The number of halogens is 1. The molecule has 26 heavy (non-hydrogen) atoms. The molecule has 4 rings (SSSR count). The summed E-state index contributed by atoms with van der Waals surface area (Å²) < 4.78 is 4.79. The average molecular weight is 371 g/mol. The lowest BCUT2D eigenvalue weighted by Gasteiger charge is -2.11. The summed E-state index contributed by atoms with van der Waals surface area (Å²) in [5.41, 5.74) is 2.46. The number of hydrogen-bond acceptors (Lipinski definition) is 5. The number of para-hydroxylation sites is 1. The van der Waals surface area contributed by atoms with Crippen LogP contribution in [0.15, 0.2) is 30.5 Å². The molecule has 134 valence electrons. The van der Waals surface area contributed by atoms with Crippen molar-refractivity contribution in [2.45, 2.75) is 25.2 Å². The fraction of sp³-hybridized carbons (Fsp3) is 0.316. The molecule has 7 heteroatoms. The Hall–Kier alpha value is -2.60. The normalized spacial score (nSPS) is 13.8. The first-order valence-corrected chi connectivity index (χ1v) is 8.99. The molecule has 1 fully saturated rings. The zero-order valence-corrected chi connectivity index (χ0v) is 15.1. The number of ether oxygens (including phenoxy) is 1. The van der Waals surface area contributed by atoms with E-state index >= 15 is 0 Å². The van der Waals surface area contributed by atoms with Crippen molar-refractivity contribution in [3.8, 4) is 0 Å². The zero-order valence-electron chi connectivity index (χ0n) is 14.4. The molecular weight excluding hydrogens is 352 g/mol. The first-order valence-electron chi connectivity index (χ1n) is 8.62. The predicted octanol–water partition coefficient (Wildman–Crippen LogP) is 3.93. The number of fused-ring (bicyclic) bond motifs is 1. The molecule has 1 aliphatic carbocycles. The monoisotopic (exact) mass is 370 g/mol. The molecule has 0 unspecified atom stereocenters. The summed E-state index contributed by atoms with van der Waals surface area (Å²) >= 11 is 6.34. The lowest BCUT2D eigenvalue weighted by Crippen LogP contribution is -2.14. The summed E-state index contributed by atoms with van der Waals surface area (Å²) in [7, 11) is 1.32. The second-order valence-electron chi connectivity index (χ2n) is 6.40. The molecule has 0 atom stereocenters. The number of aromatic nitrogens is 3. The van der Waals surface area contributed by atoms with Crippen LogP contribution in [0.4, 0.5) is 5.82 Å². The minimum absolute atomic E-state index is 0.126. The number of methoxy groups -OCH3 is 1. The minimum Gasteiger partial charge on any atom is -0.464 e. The molecule has 0 spiro atoms.